The van der Waals surface area contributed by atoms with Crippen molar-refractivity contribution in [1.82, 2.24) is 0 Å². The van der Waals surface area contributed by atoms with Crippen molar-refractivity contribution in [3.05, 3.63) is 88.7 Å². The molecule has 28 heavy (non-hydrogen) atoms. The zero-order valence-electron chi connectivity index (χ0n) is 16.1. The van der Waals surface area contributed by atoms with Gasteiger partial charge in [-0.1, -0.05) is 56.7 Å². The van der Waals surface area contributed by atoms with Crippen LogP contribution in [0.15, 0.2) is 54.6 Å². The first kappa shape index (κ1) is 20.0. The van der Waals surface area contributed by atoms with Gasteiger partial charge in [0.05, 0.1) is 0 Å². The van der Waals surface area contributed by atoms with E-state index in [1.165, 1.54) is 6.07 Å². The molecule has 4 heteroatoms. The molecule has 3 aromatic carbocycles. The van der Waals surface area contributed by atoms with Crippen LogP contribution in [0, 0.1) is 17.5 Å². The van der Waals surface area contributed by atoms with E-state index in [4.69, 9.17) is 4.74 Å². The Morgan fingerprint density at radius 3 is 1.96 bits per heavy atom. The smallest absolute Gasteiger partial charge is 0.165 e. The number of hydrogen-bond donors (Lipinski definition) is 0. The maximum Gasteiger partial charge on any atom is 0.165 e. The topological polar surface area (TPSA) is 9.23 Å². The predicted molar refractivity (Wildman–Crippen MR) is 106 cm³/mol. The molecule has 0 fully saturated rings. The maximum absolute atomic E-state index is 14.1. The van der Waals surface area contributed by atoms with Gasteiger partial charge in [0.1, 0.15) is 18.2 Å². The van der Waals surface area contributed by atoms with E-state index in [-0.39, 0.29) is 18.0 Å². The monoisotopic (exact) mass is 384 g/mol. The van der Waals surface area contributed by atoms with Gasteiger partial charge in [-0.3, -0.25) is 0 Å². The minimum Gasteiger partial charge on any atom is -0.489 e. The highest BCUT2D eigenvalue weighted by atomic mass is 19.2. The van der Waals surface area contributed by atoms with Gasteiger partial charge < -0.3 is 4.74 Å². The quantitative estimate of drug-likeness (QED) is 0.432. The van der Waals surface area contributed by atoms with Crippen LogP contribution in [0.5, 0.6) is 5.75 Å². The Morgan fingerprint density at radius 2 is 1.32 bits per heavy atom. The number of benzene rings is 3. The van der Waals surface area contributed by atoms with Gasteiger partial charge in [0.15, 0.2) is 11.6 Å². The Hall–Kier alpha value is -2.75. The number of aryl methyl sites for hydroxylation is 2. The lowest BCUT2D eigenvalue weighted by Crippen LogP contribution is -2.03. The summed E-state index contributed by atoms with van der Waals surface area (Å²) in [5, 5.41) is 0. The lowest BCUT2D eigenvalue weighted by atomic mass is 10.0. The van der Waals surface area contributed by atoms with Gasteiger partial charge in [0, 0.05) is 5.56 Å². The number of hydrogen-bond acceptors (Lipinski definition) is 1. The fourth-order valence-corrected chi connectivity index (χ4v) is 3.12. The molecule has 0 aliphatic carbocycles. The fraction of sp³-hybridized carbons (Fsp3) is 0.250. The van der Waals surface area contributed by atoms with Crippen molar-refractivity contribution in [2.75, 3.05) is 0 Å². The Morgan fingerprint density at radius 1 is 0.714 bits per heavy atom. The SMILES string of the molecule is CCCc1ccc(-c2ccc(OCc3ccc(CC)c(F)c3F)cc2)cc1F. The van der Waals surface area contributed by atoms with E-state index in [0.717, 1.165) is 29.5 Å². The molecule has 0 aliphatic heterocycles. The summed E-state index contributed by atoms with van der Waals surface area (Å²) in [6.45, 7) is 3.73. The molecule has 0 saturated carbocycles. The molecule has 1 nitrogen and oxygen atoms in total. The maximum atomic E-state index is 14.1. The van der Waals surface area contributed by atoms with Crippen LogP contribution >= 0.6 is 0 Å². The average molecular weight is 384 g/mol. The molecular formula is C24H23F3O. The van der Waals surface area contributed by atoms with E-state index < -0.39 is 11.6 Å². The zero-order valence-corrected chi connectivity index (χ0v) is 16.1. The summed E-state index contributed by atoms with van der Waals surface area (Å²) < 4.78 is 47.7. The molecule has 3 aromatic rings. The molecule has 146 valence electrons. The van der Waals surface area contributed by atoms with Crippen molar-refractivity contribution < 1.29 is 17.9 Å². The van der Waals surface area contributed by atoms with E-state index in [0.29, 0.717) is 17.7 Å². The third-order valence-electron chi connectivity index (χ3n) is 4.78. The molecule has 0 N–H and O–H groups in total. The highest BCUT2D eigenvalue weighted by Gasteiger charge is 2.13. The molecular weight excluding hydrogens is 361 g/mol. The van der Waals surface area contributed by atoms with Crippen molar-refractivity contribution in [3.8, 4) is 16.9 Å². The Labute approximate surface area is 163 Å². The summed E-state index contributed by atoms with van der Waals surface area (Å²) in [5.41, 5.74) is 2.88. The van der Waals surface area contributed by atoms with Crippen LogP contribution in [0.3, 0.4) is 0 Å². The summed E-state index contributed by atoms with van der Waals surface area (Å²) in [4.78, 5) is 0. The Bertz CT molecular complexity index is 949. The molecule has 0 amide bonds. The third-order valence-corrected chi connectivity index (χ3v) is 4.78. The molecule has 0 saturated heterocycles. The Kier molecular flexibility index (Phi) is 6.40. The fourth-order valence-electron chi connectivity index (χ4n) is 3.12. The number of ether oxygens (including phenoxy) is 1. The second-order valence-electron chi connectivity index (χ2n) is 6.73. The zero-order chi connectivity index (χ0) is 20.1. The molecule has 0 aromatic heterocycles. The standard InChI is InChI=1S/C24H23F3O/c1-3-5-18-7-8-19(14-22(18)25)17-10-12-21(13-11-17)28-15-20-9-6-16(4-2)23(26)24(20)27/h6-14H,3-5,15H2,1-2H3. The van der Waals surface area contributed by atoms with Gasteiger partial charge in [0.2, 0.25) is 0 Å². The number of halogens is 3. The normalized spacial score (nSPS) is 10.9. The second-order valence-corrected chi connectivity index (χ2v) is 6.73. The van der Waals surface area contributed by atoms with Crippen LogP contribution in [0.25, 0.3) is 11.1 Å². The van der Waals surface area contributed by atoms with Gasteiger partial charge in [0.25, 0.3) is 0 Å². The molecule has 0 bridgehead atoms. The first-order valence-corrected chi connectivity index (χ1v) is 9.50. The molecule has 0 unspecified atom stereocenters. The molecule has 0 atom stereocenters. The van der Waals surface area contributed by atoms with Gasteiger partial charge in [-0.2, -0.15) is 0 Å². The molecule has 3 rings (SSSR count). The van der Waals surface area contributed by atoms with E-state index in [1.807, 2.05) is 31.2 Å². The summed E-state index contributed by atoms with van der Waals surface area (Å²) >= 11 is 0. The minimum absolute atomic E-state index is 0.0631. The van der Waals surface area contributed by atoms with Gasteiger partial charge in [-0.05, 0) is 53.3 Å². The van der Waals surface area contributed by atoms with Crippen LogP contribution in [0.2, 0.25) is 0 Å². The average Bonchev–Trinajstić information content (AvgIpc) is 2.71. The summed E-state index contributed by atoms with van der Waals surface area (Å²) in [6.07, 6.45) is 2.05. The van der Waals surface area contributed by atoms with E-state index >= 15 is 0 Å². The molecule has 0 aliphatic rings. The van der Waals surface area contributed by atoms with E-state index in [9.17, 15) is 13.2 Å². The summed E-state index contributed by atoms with van der Waals surface area (Å²) in [5.74, 6) is -1.34. The van der Waals surface area contributed by atoms with E-state index in [2.05, 4.69) is 0 Å². The van der Waals surface area contributed by atoms with Crippen molar-refractivity contribution >= 4 is 0 Å². The number of rotatable bonds is 7. The van der Waals surface area contributed by atoms with Gasteiger partial charge >= 0.3 is 0 Å². The third kappa shape index (κ3) is 4.38. The van der Waals surface area contributed by atoms with Crippen LogP contribution in [0.4, 0.5) is 13.2 Å². The van der Waals surface area contributed by atoms with Crippen LogP contribution in [0.1, 0.15) is 37.0 Å². The highest BCUT2D eigenvalue weighted by molar-refractivity contribution is 5.64. The second kappa shape index (κ2) is 8.96. The largest absolute Gasteiger partial charge is 0.489 e. The molecule has 0 heterocycles. The molecule has 0 spiro atoms. The minimum atomic E-state index is -0.862. The van der Waals surface area contributed by atoms with Crippen molar-refractivity contribution in [2.24, 2.45) is 0 Å². The van der Waals surface area contributed by atoms with Crippen LogP contribution in [-0.2, 0) is 19.4 Å². The Balaban J connectivity index is 1.70. The lowest BCUT2D eigenvalue weighted by molar-refractivity contribution is 0.297. The first-order chi connectivity index (χ1) is 13.5. The predicted octanol–water partition coefficient (Wildman–Crippen LogP) is 6.86. The first-order valence-electron chi connectivity index (χ1n) is 9.50. The van der Waals surface area contributed by atoms with Crippen molar-refractivity contribution in [3.63, 3.8) is 0 Å². The summed E-state index contributed by atoms with van der Waals surface area (Å²) in [6, 6.07) is 15.5. The lowest BCUT2D eigenvalue weighted by Gasteiger charge is -2.10. The van der Waals surface area contributed by atoms with Crippen molar-refractivity contribution in [1.29, 1.82) is 0 Å². The van der Waals surface area contributed by atoms with Gasteiger partial charge in [-0.25, -0.2) is 13.2 Å². The van der Waals surface area contributed by atoms with Gasteiger partial charge in [-0.15, -0.1) is 0 Å². The summed E-state index contributed by atoms with van der Waals surface area (Å²) in [7, 11) is 0. The molecule has 0 radical (unpaired) electrons. The van der Waals surface area contributed by atoms with Crippen LogP contribution < -0.4 is 4.74 Å². The van der Waals surface area contributed by atoms with Crippen molar-refractivity contribution in [2.45, 2.75) is 39.7 Å². The van der Waals surface area contributed by atoms with Crippen LogP contribution in [-0.4, -0.2) is 0 Å². The van der Waals surface area contributed by atoms with E-state index in [1.54, 1.807) is 31.2 Å². The highest BCUT2D eigenvalue weighted by Crippen LogP contribution is 2.26.